The number of aromatic nitrogens is 1. The Balaban J connectivity index is 1.89. The van der Waals surface area contributed by atoms with Crippen molar-refractivity contribution in [3.63, 3.8) is 0 Å². The molecule has 0 saturated carbocycles. The molecule has 0 spiro atoms. The number of aliphatic imine (C=N–C) groups is 1. The number of pyridine rings is 1. The number of fused-ring (bicyclic) bond motifs is 1. The van der Waals surface area contributed by atoms with Crippen molar-refractivity contribution in [2.45, 2.75) is 0 Å². The van der Waals surface area contributed by atoms with Gasteiger partial charge in [0.25, 0.3) is 0 Å². The van der Waals surface area contributed by atoms with Crippen molar-refractivity contribution >= 4 is 28.6 Å². The highest BCUT2D eigenvalue weighted by molar-refractivity contribution is 7.12. The molecule has 0 saturated heterocycles. The fourth-order valence-electron chi connectivity index (χ4n) is 2.48. The molecular weight excluding hydrogens is 320 g/mol. The van der Waals surface area contributed by atoms with Gasteiger partial charge in [-0.05, 0) is 41.8 Å². The Morgan fingerprint density at radius 2 is 2.08 bits per heavy atom. The molecule has 1 N–H and O–H groups in total. The van der Waals surface area contributed by atoms with Crippen molar-refractivity contribution in [1.82, 2.24) is 10.4 Å². The standard InChI is InChI=1S/C18H14N4OS/c1-23-13-6-7-15-14(10-13)17(16-5-3-9-24-16)21-22-18(20-15)12-4-2-8-19-11-12/h2-11H,1H3,(H,20,22). The van der Waals surface area contributed by atoms with E-state index in [0.717, 1.165) is 33.2 Å². The Morgan fingerprint density at radius 3 is 2.83 bits per heavy atom. The zero-order valence-electron chi connectivity index (χ0n) is 12.9. The highest BCUT2D eigenvalue weighted by Crippen LogP contribution is 2.30. The summed E-state index contributed by atoms with van der Waals surface area (Å²) in [5, 5.41) is 6.64. The number of hydrogen-bond acceptors (Lipinski definition) is 6. The van der Waals surface area contributed by atoms with E-state index in [0.29, 0.717) is 5.84 Å². The van der Waals surface area contributed by atoms with E-state index in [9.17, 15) is 0 Å². The van der Waals surface area contributed by atoms with Gasteiger partial charge in [0.2, 0.25) is 0 Å². The first-order valence-corrected chi connectivity index (χ1v) is 8.28. The molecule has 3 aromatic rings. The lowest BCUT2D eigenvalue weighted by molar-refractivity contribution is 0.415. The summed E-state index contributed by atoms with van der Waals surface area (Å²) in [6.07, 6.45) is 3.50. The monoisotopic (exact) mass is 334 g/mol. The van der Waals surface area contributed by atoms with E-state index in [1.54, 1.807) is 30.8 Å². The molecule has 0 unspecified atom stereocenters. The minimum absolute atomic E-state index is 0.668. The first-order valence-electron chi connectivity index (χ1n) is 7.40. The first-order chi connectivity index (χ1) is 11.8. The van der Waals surface area contributed by atoms with Crippen LogP contribution in [0, 0.1) is 0 Å². The highest BCUT2D eigenvalue weighted by Gasteiger charge is 2.18. The number of methoxy groups -OCH3 is 1. The molecular formula is C18H14N4OS. The second-order valence-corrected chi connectivity index (χ2v) is 6.08. The van der Waals surface area contributed by atoms with Gasteiger partial charge >= 0.3 is 0 Å². The fraction of sp³-hybridized carbons (Fsp3) is 0.0556. The van der Waals surface area contributed by atoms with Crippen LogP contribution in [0.25, 0.3) is 0 Å². The number of rotatable bonds is 3. The highest BCUT2D eigenvalue weighted by atomic mass is 32.1. The minimum atomic E-state index is 0.668. The third kappa shape index (κ3) is 2.68. The summed E-state index contributed by atoms with van der Waals surface area (Å²) in [5.41, 5.74) is 6.59. The van der Waals surface area contributed by atoms with E-state index >= 15 is 0 Å². The Labute approximate surface area is 143 Å². The zero-order chi connectivity index (χ0) is 16.4. The number of benzene rings is 1. The summed E-state index contributed by atoms with van der Waals surface area (Å²) < 4.78 is 5.37. The van der Waals surface area contributed by atoms with Crippen LogP contribution >= 0.6 is 11.3 Å². The molecule has 0 aliphatic carbocycles. The van der Waals surface area contributed by atoms with E-state index in [2.05, 4.69) is 15.5 Å². The van der Waals surface area contributed by atoms with Gasteiger partial charge in [0.15, 0.2) is 5.84 Å². The van der Waals surface area contributed by atoms with Gasteiger partial charge in [-0.1, -0.05) is 6.07 Å². The number of ether oxygens (including phenoxy) is 1. The van der Waals surface area contributed by atoms with Crippen LogP contribution in [0.5, 0.6) is 5.75 Å². The number of hydrogen-bond donors (Lipinski definition) is 1. The van der Waals surface area contributed by atoms with Crippen LogP contribution in [0.2, 0.25) is 0 Å². The first kappa shape index (κ1) is 14.6. The number of thiophene rings is 1. The molecule has 1 aromatic carbocycles. The van der Waals surface area contributed by atoms with Gasteiger partial charge in [0.05, 0.1) is 17.7 Å². The summed E-state index contributed by atoms with van der Waals surface area (Å²) in [6.45, 7) is 0. The third-order valence-electron chi connectivity index (χ3n) is 3.65. The quantitative estimate of drug-likeness (QED) is 0.796. The van der Waals surface area contributed by atoms with E-state index in [1.165, 1.54) is 0 Å². The van der Waals surface area contributed by atoms with Gasteiger partial charge in [-0.25, -0.2) is 4.99 Å². The molecule has 24 heavy (non-hydrogen) atoms. The van der Waals surface area contributed by atoms with Crippen LogP contribution in [0.4, 0.5) is 5.69 Å². The second kappa shape index (κ2) is 6.25. The molecule has 0 atom stereocenters. The van der Waals surface area contributed by atoms with Crippen molar-refractivity contribution in [2.75, 3.05) is 7.11 Å². The summed E-state index contributed by atoms with van der Waals surface area (Å²) in [4.78, 5) is 9.97. The lowest BCUT2D eigenvalue weighted by atomic mass is 10.1. The smallest absolute Gasteiger partial charge is 0.155 e. The van der Waals surface area contributed by atoms with Crippen LogP contribution in [0.1, 0.15) is 16.0 Å². The van der Waals surface area contributed by atoms with Gasteiger partial charge in [-0.2, -0.15) is 5.10 Å². The van der Waals surface area contributed by atoms with Crippen molar-refractivity contribution in [2.24, 2.45) is 10.1 Å². The number of hydrazone groups is 1. The fourth-order valence-corrected chi connectivity index (χ4v) is 3.20. The maximum absolute atomic E-state index is 5.37. The number of nitrogens with zero attached hydrogens (tertiary/aromatic N) is 3. The molecule has 0 bridgehead atoms. The van der Waals surface area contributed by atoms with E-state index < -0.39 is 0 Å². The maximum Gasteiger partial charge on any atom is 0.155 e. The molecule has 2 aromatic heterocycles. The van der Waals surface area contributed by atoms with Gasteiger partial charge < -0.3 is 4.74 Å². The zero-order valence-corrected chi connectivity index (χ0v) is 13.7. The molecule has 5 nitrogen and oxygen atoms in total. The molecule has 118 valence electrons. The van der Waals surface area contributed by atoms with Gasteiger partial charge in [-0.15, -0.1) is 11.3 Å². The van der Waals surface area contributed by atoms with Crippen molar-refractivity contribution in [1.29, 1.82) is 0 Å². The second-order valence-electron chi connectivity index (χ2n) is 5.13. The van der Waals surface area contributed by atoms with E-state index in [1.807, 2.05) is 47.8 Å². The van der Waals surface area contributed by atoms with E-state index in [4.69, 9.17) is 9.73 Å². The SMILES string of the molecule is COc1ccc2c(c1)C(c1cccs1)=NNC(c1cccnc1)=N2. The predicted octanol–water partition coefficient (Wildman–Crippen LogP) is 3.59. The molecule has 0 fully saturated rings. The molecule has 1 aliphatic rings. The maximum atomic E-state index is 5.37. The molecule has 3 heterocycles. The van der Waals surface area contributed by atoms with Crippen LogP contribution in [-0.2, 0) is 0 Å². The van der Waals surface area contributed by atoms with Crippen molar-refractivity contribution in [3.05, 3.63) is 76.2 Å². The summed E-state index contributed by atoms with van der Waals surface area (Å²) in [7, 11) is 1.66. The van der Waals surface area contributed by atoms with Crippen molar-refractivity contribution < 1.29 is 4.74 Å². The van der Waals surface area contributed by atoms with Gasteiger partial charge in [-0.3, -0.25) is 10.4 Å². The number of nitrogens with one attached hydrogen (secondary N) is 1. The molecule has 6 heteroatoms. The normalized spacial score (nSPS) is 13.2. The van der Waals surface area contributed by atoms with Crippen LogP contribution < -0.4 is 10.2 Å². The summed E-state index contributed by atoms with van der Waals surface area (Å²) >= 11 is 1.64. The largest absolute Gasteiger partial charge is 0.497 e. The molecule has 0 amide bonds. The Bertz CT molecular complexity index is 917. The Hall–Kier alpha value is -2.99. The average Bonchev–Trinajstić information content (AvgIpc) is 3.10. The summed E-state index contributed by atoms with van der Waals surface area (Å²) in [5.74, 6) is 1.44. The minimum Gasteiger partial charge on any atom is -0.497 e. The predicted molar refractivity (Wildman–Crippen MR) is 96.5 cm³/mol. The third-order valence-corrected chi connectivity index (χ3v) is 4.53. The van der Waals surface area contributed by atoms with Crippen molar-refractivity contribution in [3.8, 4) is 5.75 Å². The number of amidine groups is 1. The van der Waals surface area contributed by atoms with Crippen LogP contribution in [0.15, 0.2) is 70.3 Å². The summed E-state index contributed by atoms with van der Waals surface area (Å²) in [6, 6.07) is 13.7. The Kier molecular flexibility index (Phi) is 3.80. The topological polar surface area (TPSA) is 58.9 Å². The molecule has 1 aliphatic heterocycles. The average molecular weight is 334 g/mol. The van der Waals surface area contributed by atoms with Crippen LogP contribution in [-0.4, -0.2) is 23.6 Å². The Morgan fingerprint density at radius 1 is 1.12 bits per heavy atom. The lowest BCUT2D eigenvalue weighted by Crippen LogP contribution is -2.19. The molecule has 0 radical (unpaired) electrons. The van der Waals surface area contributed by atoms with Gasteiger partial charge in [0, 0.05) is 23.5 Å². The molecule has 4 rings (SSSR count). The van der Waals surface area contributed by atoms with Crippen LogP contribution in [0.3, 0.4) is 0 Å². The lowest BCUT2D eigenvalue weighted by Gasteiger charge is -2.07. The van der Waals surface area contributed by atoms with E-state index in [-0.39, 0.29) is 0 Å². The van der Waals surface area contributed by atoms with Gasteiger partial charge in [0.1, 0.15) is 11.5 Å².